The predicted molar refractivity (Wildman–Crippen MR) is 82.4 cm³/mol. The largest absolute Gasteiger partial charge is 0.399 e. The van der Waals surface area contributed by atoms with Gasteiger partial charge in [0.2, 0.25) is 0 Å². The smallest absolute Gasteiger partial charge is 0.106 e. The van der Waals surface area contributed by atoms with Gasteiger partial charge >= 0.3 is 0 Å². The van der Waals surface area contributed by atoms with Crippen LogP contribution in [0, 0.1) is 5.92 Å². The van der Waals surface area contributed by atoms with Crippen molar-refractivity contribution in [2.24, 2.45) is 11.1 Å². The summed E-state index contributed by atoms with van der Waals surface area (Å²) in [5.41, 5.74) is 1.37. The van der Waals surface area contributed by atoms with Gasteiger partial charge in [-0.15, -0.1) is 0 Å². The summed E-state index contributed by atoms with van der Waals surface area (Å²) in [5.74, 6) is 0.930. The minimum Gasteiger partial charge on any atom is -0.399 e. The third kappa shape index (κ3) is 2.45. The van der Waals surface area contributed by atoms with Crippen LogP contribution >= 0.6 is 11.6 Å². The minimum atomic E-state index is 0.417. The number of oxime groups is 1. The number of rotatable bonds is 3. The average molecular weight is 293 g/mol. The zero-order valence-electron chi connectivity index (χ0n) is 12.0. The first-order valence-electron chi connectivity index (χ1n) is 7.24. The van der Waals surface area contributed by atoms with Crippen LogP contribution in [0.2, 0.25) is 5.02 Å². The maximum Gasteiger partial charge on any atom is 0.106 e. The molecule has 0 spiro atoms. The van der Waals surface area contributed by atoms with Crippen LogP contribution in [0.25, 0.3) is 0 Å². The van der Waals surface area contributed by atoms with E-state index in [1.807, 2.05) is 18.3 Å². The fraction of sp³-hybridized carbons (Fsp3) is 0.562. The molecule has 2 heterocycles. The molecule has 20 heavy (non-hydrogen) atoms. The second-order valence-electron chi connectivity index (χ2n) is 5.87. The molecule has 108 valence electrons. The molecule has 0 amide bonds. The predicted octanol–water partition coefficient (Wildman–Crippen LogP) is 3.54. The first-order valence-corrected chi connectivity index (χ1v) is 7.62. The molecule has 0 aliphatic carbocycles. The molecule has 3 nitrogen and oxygen atoms in total. The van der Waals surface area contributed by atoms with E-state index in [-0.39, 0.29) is 0 Å². The van der Waals surface area contributed by atoms with Gasteiger partial charge in [-0.2, -0.15) is 0 Å². The summed E-state index contributed by atoms with van der Waals surface area (Å²) in [6, 6.07) is 9.57. The molecular formula is C16H21ClN2O. The minimum absolute atomic E-state index is 0.417. The van der Waals surface area contributed by atoms with E-state index in [1.54, 1.807) is 7.11 Å². The summed E-state index contributed by atoms with van der Waals surface area (Å²) in [5, 5.41) is 4.86. The fourth-order valence-electron chi connectivity index (χ4n) is 3.91. The normalized spacial score (nSPS) is 33.8. The molecule has 4 atom stereocenters. The molecule has 2 fully saturated rings. The highest BCUT2D eigenvalue weighted by Gasteiger charge is 2.45. The van der Waals surface area contributed by atoms with Crippen molar-refractivity contribution < 1.29 is 4.84 Å². The summed E-state index contributed by atoms with van der Waals surface area (Å²) < 4.78 is 0. The highest BCUT2D eigenvalue weighted by atomic mass is 35.5. The van der Waals surface area contributed by atoms with Crippen molar-refractivity contribution in [3.63, 3.8) is 0 Å². The molecule has 3 rings (SSSR count). The van der Waals surface area contributed by atoms with Crippen molar-refractivity contribution in [1.29, 1.82) is 0 Å². The average Bonchev–Trinajstić information content (AvgIpc) is 2.71. The number of benzene rings is 1. The van der Waals surface area contributed by atoms with Crippen LogP contribution in [0.5, 0.6) is 0 Å². The van der Waals surface area contributed by atoms with E-state index in [4.69, 9.17) is 16.4 Å². The summed E-state index contributed by atoms with van der Waals surface area (Å²) in [7, 11) is 3.85. The summed E-state index contributed by atoms with van der Waals surface area (Å²) in [6.07, 6.45) is 5.74. The molecule has 2 aliphatic heterocycles. The Morgan fingerprint density at radius 2 is 2.05 bits per heavy atom. The maximum atomic E-state index is 6.01. The zero-order valence-corrected chi connectivity index (χ0v) is 12.8. The lowest BCUT2D eigenvalue weighted by molar-refractivity contribution is 0.131. The van der Waals surface area contributed by atoms with Crippen LogP contribution in [-0.2, 0) is 4.84 Å². The summed E-state index contributed by atoms with van der Waals surface area (Å²) >= 11 is 6.01. The van der Waals surface area contributed by atoms with Crippen molar-refractivity contribution in [1.82, 2.24) is 4.90 Å². The second-order valence-corrected chi connectivity index (χ2v) is 6.31. The quantitative estimate of drug-likeness (QED) is 0.629. The third-order valence-corrected chi connectivity index (χ3v) is 5.22. The Morgan fingerprint density at radius 1 is 1.30 bits per heavy atom. The number of nitrogens with zero attached hydrogens (tertiary/aromatic N) is 2. The van der Waals surface area contributed by atoms with E-state index in [2.05, 4.69) is 29.2 Å². The van der Waals surface area contributed by atoms with Crippen LogP contribution in [0.15, 0.2) is 29.4 Å². The lowest BCUT2D eigenvalue weighted by atomic mass is 9.77. The summed E-state index contributed by atoms with van der Waals surface area (Å²) in [6.45, 7) is 0. The fourth-order valence-corrected chi connectivity index (χ4v) is 4.04. The highest BCUT2D eigenvalue weighted by molar-refractivity contribution is 6.30. The topological polar surface area (TPSA) is 24.8 Å². The Labute approximate surface area is 125 Å². The molecule has 1 aromatic carbocycles. The van der Waals surface area contributed by atoms with Gasteiger partial charge < -0.3 is 4.84 Å². The molecule has 2 aliphatic rings. The second kappa shape index (κ2) is 5.74. The SMILES string of the molecule is CO/N=C/[C@@H]1[C@@H](c2ccc(Cl)cc2)CC2CC[C@H]1N2C. The summed E-state index contributed by atoms with van der Waals surface area (Å²) in [4.78, 5) is 7.45. The van der Waals surface area contributed by atoms with Gasteiger partial charge in [-0.3, -0.25) is 4.90 Å². The van der Waals surface area contributed by atoms with E-state index in [0.717, 1.165) is 5.02 Å². The van der Waals surface area contributed by atoms with Gasteiger partial charge in [0.05, 0.1) is 0 Å². The van der Waals surface area contributed by atoms with Gasteiger partial charge in [0.1, 0.15) is 7.11 Å². The molecule has 2 saturated heterocycles. The molecule has 0 aromatic heterocycles. The van der Waals surface area contributed by atoms with E-state index >= 15 is 0 Å². The number of halogens is 1. The third-order valence-electron chi connectivity index (χ3n) is 4.97. The standard InChI is InChI=1S/C16H21ClN2O/c1-19-13-7-8-16(19)15(10-18-20-2)14(9-13)11-3-5-12(17)6-4-11/h3-6,10,13-16H,7-9H2,1-2H3/b18-10+/t13?,14-,15-,16-/m1/s1. The molecule has 0 radical (unpaired) electrons. The van der Waals surface area contributed by atoms with Crippen LogP contribution in [0.4, 0.5) is 0 Å². The zero-order chi connectivity index (χ0) is 14.1. The van der Waals surface area contributed by atoms with Gasteiger partial charge in [0.25, 0.3) is 0 Å². The van der Waals surface area contributed by atoms with Gasteiger partial charge in [-0.05, 0) is 49.9 Å². The first-order chi connectivity index (χ1) is 9.70. The molecule has 4 heteroatoms. The Kier molecular flexibility index (Phi) is 3.99. The Bertz CT molecular complexity index is 488. The number of piperidine rings is 1. The Hall–Kier alpha value is -1.06. The number of hydrogen-bond donors (Lipinski definition) is 0. The van der Waals surface area contributed by atoms with Crippen LogP contribution < -0.4 is 0 Å². The molecule has 1 unspecified atom stereocenters. The maximum absolute atomic E-state index is 6.01. The van der Waals surface area contributed by atoms with Crippen molar-refractivity contribution in [2.75, 3.05) is 14.2 Å². The van der Waals surface area contributed by atoms with Crippen LogP contribution in [-0.4, -0.2) is 37.4 Å². The first kappa shape index (κ1) is 13.9. The van der Waals surface area contributed by atoms with E-state index < -0.39 is 0 Å². The van der Waals surface area contributed by atoms with Crippen molar-refractivity contribution in [3.05, 3.63) is 34.9 Å². The molecule has 0 saturated carbocycles. The van der Waals surface area contributed by atoms with E-state index in [1.165, 1.54) is 24.8 Å². The molecule has 1 aromatic rings. The molecule has 2 bridgehead atoms. The Balaban J connectivity index is 1.91. The molecular weight excluding hydrogens is 272 g/mol. The van der Waals surface area contributed by atoms with Crippen LogP contribution in [0.1, 0.15) is 30.7 Å². The lowest BCUT2D eigenvalue weighted by Crippen LogP contribution is -2.46. The van der Waals surface area contributed by atoms with Gasteiger partial charge in [-0.1, -0.05) is 28.9 Å². The monoisotopic (exact) mass is 292 g/mol. The number of hydrogen-bond acceptors (Lipinski definition) is 3. The number of fused-ring (bicyclic) bond motifs is 2. The lowest BCUT2D eigenvalue weighted by Gasteiger charge is -2.41. The van der Waals surface area contributed by atoms with Gasteiger partial charge in [0.15, 0.2) is 0 Å². The molecule has 0 N–H and O–H groups in total. The van der Waals surface area contributed by atoms with Gasteiger partial charge in [-0.25, -0.2) is 0 Å². The van der Waals surface area contributed by atoms with Crippen molar-refractivity contribution in [3.8, 4) is 0 Å². The van der Waals surface area contributed by atoms with Crippen molar-refractivity contribution in [2.45, 2.75) is 37.3 Å². The van der Waals surface area contributed by atoms with Crippen molar-refractivity contribution >= 4 is 17.8 Å². The van der Waals surface area contributed by atoms with Gasteiger partial charge in [0, 0.05) is 29.2 Å². The Morgan fingerprint density at radius 3 is 2.75 bits per heavy atom. The van der Waals surface area contributed by atoms with E-state index in [0.29, 0.717) is 23.9 Å². The highest BCUT2D eigenvalue weighted by Crippen LogP contribution is 2.45. The van der Waals surface area contributed by atoms with Crippen LogP contribution in [0.3, 0.4) is 0 Å². The van der Waals surface area contributed by atoms with E-state index in [9.17, 15) is 0 Å².